The summed E-state index contributed by atoms with van der Waals surface area (Å²) in [6, 6.07) is 0.0669. The molecule has 17 heavy (non-hydrogen) atoms. The minimum absolute atomic E-state index is 0.0669. The van der Waals surface area contributed by atoms with Gasteiger partial charge in [-0.2, -0.15) is 0 Å². The molecule has 0 aliphatic heterocycles. The van der Waals surface area contributed by atoms with Gasteiger partial charge in [0, 0.05) is 28.9 Å². The van der Waals surface area contributed by atoms with E-state index in [4.69, 9.17) is 5.11 Å². The van der Waals surface area contributed by atoms with Gasteiger partial charge in [-0.3, -0.25) is 9.19 Å². The maximum absolute atomic E-state index is 10.9. The van der Waals surface area contributed by atoms with Crippen LogP contribution in [0.5, 0.6) is 0 Å². The molecule has 0 fully saturated rings. The Hall–Kier alpha value is -1.50. The summed E-state index contributed by atoms with van der Waals surface area (Å²) in [5.41, 5.74) is -0.0960. The van der Waals surface area contributed by atoms with Crippen LogP contribution < -0.4 is 5.32 Å². The van der Waals surface area contributed by atoms with Crippen LogP contribution in [0.25, 0.3) is 0 Å². The van der Waals surface area contributed by atoms with Crippen LogP contribution in [0.3, 0.4) is 0 Å². The summed E-state index contributed by atoms with van der Waals surface area (Å²) in [4.78, 5) is 18.4. The standard InChI is InChI=1S/C10H15N3O3S/c1-7(3-4-17(2)16)12-9-6-11-5-8(13-9)10(14)15/h5-7H,3-4H2,1-2H3,(H,12,13)(H,14,15). The van der Waals surface area contributed by atoms with Crippen molar-refractivity contribution in [3.05, 3.63) is 18.1 Å². The predicted octanol–water partition coefficient (Wildman–Crippen LogP) is 0.744. The molecule has 7 heteroatoms. The maximum Gasteiger partial charge on any atom is 0.356 e. The zero-order valence-corrected chi connectivity index (χ0v) is 10.5. The number of carboxylic acids is 1. The molecule has 0 aliphatic carbocycles. The molecule has 2 N–H and O–H groups in total. The van der Waals surface area contributed by atoms with Crippen LogP contribution in [-0.4, -0.2) is 43.3 Å². The first-order valence-corrected chi connectivity index (χ1v) is 6.83. The molecule has 0 bridgehead atoms. The minimum atomic E-state index is -1.11. The van der Waals surface area contributed by atoms with Gasteiger partial charge in [-0.15, -0.1) is 0 Å². The lowest BCUT2D eigenvalue weighted by atomic mass is 10.2. The van der Waals surface area contributed by atoms with Gasteiger partial charge in [0.25, 0.3) is 0 Å². The summed E-state index contributed by atoms with van der Waals surface area (Å²) >= 11 is 0. The van der Waals surface area contributed by atoms with E-state index in [1.807, 2.05) is 6.92 Å². The third-order valence-electron chi connectivity index (χ3n) is 2.09. The van der Waals surface area contributed by atoms with Gasteiger partial charge < -0.3 is 10.4 Å². The van der Waals surface area contributed by atoms with Crippen LogP contribution >= 0.6 is 0 Å². The van der Waals surface area contributed by atoms with Gasteiger partial charge in [0.2, 0.25) is 0 Å². The second-order valence-electron chi connectivity index (χ2n) is 3.71. The van der Waals surface area contributed by atoms with E-state index >= 15 is 0 Å². The monoisotopic (exact) mass is 257 g/mol. The number of nitrogens with zero attached hydrogens (tertiary/aromatic N) is 2. The SMILES string of the molecule is CC(CCS(C)=O)Nc1cncc(C(=O)O)n1. The van der Waals surface area contributed by atoms with Crippen molar-refractivity contribution >= 4 is 22.6 Å². The van der Waals surface area contributed by atoms with Crippen LogP contribution in [0.4, 0.5) is 5.82 Å². The lowest BCUT2D eigenvalue weighted by molar-refractivity contribution is 0.0690. The molecule has 1 rings (SSSR count). The highest BCUT2D eigenvalue weighted by Crippen LogP contribution is 2.06. The summed E-state index contributed by atoms with van der Waals surface area (Å²) in [6.07, 6.45) is 5.03. The van der Waals surface area contributed by atoms with Crippen molar-refractivity contribution in [2.75, 3.05) is 17.3 Å². The van der Waals surface area contributed by atoms with Gasteiger partial charge in [0.15, 0.2) is 5.69 Å². The second kappa shape index (κ2) is 6.29. The van der Waals surface area contributed by atoms with Crippen LogP contribution in [-0.2, 0) is 10.8 Å². The normalized spacial score (nSPS) is 14.0. The number of rotatable bonds is 6. The Balaban J connectivity index is 2.58. The van der Waals surface area contributed by atoms with Crippen molar-refractivity contribution in [3.63, 3.8) is 0 Å². The Kier molecular flexibility index (Phi) is 5.02. The first-order chi connectivity index (χ1) is 7.99. The quantitative estimate of drug-likeness (QED) is 0.781. The molecular formula is C10H15N3O3S. The first kappa shape index (κ1) is 13.6. The smallest absolute Gasteiger partial charge is 0.356 e. The highest BCUT2D eigenvalue weighted by molar-refractivity contribution is 7.84. The fourth-order valence-corrected chi connectivity index (χ4v) is 1.89. The van der Waals surface area contributed by atoms with E-state index in [1.54, 1.807) is 6.26 Å². The predicted molar refractivity (Wildman–Crippen MR) is 65.6 cm³/mol. The molecule has 1 aromatic rings. The first-order valence-electron chi connectivity index (χ1n) is 5.11. The highest BCUT2D eigenvalue weighted by Gasteiger charge is 2.08. The molecule has 0 spiro atoms. The Morgan fingerprint density at radius 3 is 2.88 bits per heavy atom. The lowest BCUT2D eigenvalue weighted by Gasteiger charge is -2.13. The molecule has 94 valence electrons. The van der Waals surface area contributed by atoms with Crippen LogP contribution in [0.15, 0.2) is 12.4 Å². The molecule has 0 saturated heterocycles. The zero-order chi connectivity index (χ0) is 12.8. The number of aromatic nitrogens is 2. The third kappa shape index (κ3) is 4.90. The van der Waals surface area contributed by atoms with Gasteiger partial charge in [0.1, 0.15) is 5.82 Å². The molecular weight excluding hydrogens is 242 g/mol. The molecule has 0 saturated carbocycles. The fourth-order valence-electron chi connectivity index (χ4n) is 1.21. The van der Waals surface area contributed by atoms with Gasteiger partial charge in [-0.05, 0) is 13.3 Å². The molecule has 0 radical (unpaired) electrons. The molecule has 2 unspecified atom stereocenters. The van der Waals surface area contributed by atoms with Gasteiger partial charge >= 0.3 is 5.97 Å². The number of nitrogens with one attached hydrogen (secondary N) is 1. The summed E-state index contributed by atoms with van der Waals surface area (Å²) < 4.78 is 10.9. The number of anilines is 1. The van der Waals surface area contributed by atoms with Crippen LogP contribution in [0, 0.1) is 0 Å². The number of carboxylic acid groups (broad SMARTS) is 1. The summed E-state index contributed by atoms with van der Waals surface area (Å²) in [5.74, 6) is -0.0945. The van der Waals surface area contributed by atoms with E-state index in [2.05, 4.69) is 15.3 Å². The molecule has 0 aliphatic rings. The van der Waals surface area contributed by atoms with Crippen molar-refractivity contribution in [2.24, 2.45) is 0 Å². The number of hydrogen-bond acceptors (Lipinski definition) is 5. The van der Waals surface area contributed by atoms with Crippen molar-refractivity contribution in [2.45, 2.75) is 19.4 Å². The molecule has 0 aromatic carbocycles. The van der Waals surface area contributed by atoms with Crippen molar-refractivity contribution in [1.82, 2.24) is 9.97 Å². The Morgan fingerprint density at radius 2 is 2.29 bits per heavy atom. The van der Waals surface area contributed by atoms with Gasteiger partial charge in [-0.1, -0.05) is 0 Å². The molecule has 1 aromatic heterocycles. The van der Waals surface area contributed by atoms with Crippen molar-refractivity contribution in [1.29, 1.82) is 0 Å². The van der Waals surface area contributed by atoms with E-state index in [0.717, 1.165) is 6.42 Å². The summed E-state index contributed by atoms with van der Waals surface area (Å²) in [6.45, 7) is 1.92. The van der Waals surface area contributed by atoms with E-state index in [0.29, 0.717) is 11.6 Å². The lowest BCUT2D eigenvalue weighted by Crippen LogP contribution is -2.19. The Bertz CT molecular complexity index is 425. The zero-order valence-electron chi connectivity index (χ0n) is 9.71. The summed E-state index contributed by atoms with van der Waals surface area (Å²) in [7, 11) is -0.826. The van der Waals surface area contributed by atoms with Gasteiger partial charge in [0.05, 0.1) is 12.4 Å². The molecule has 0 amide bonds. The van der Waals surface area contributed by atoms with Crippen molar-refractivity contribution < 1.29 is 14.1 Å². The largest absolute Gasteiger partial charge is 0.476 e. The highest BCUT2D eigenvalue weighted by atomic mass is 32.2. The van der Waals surface area contributed by atoms with E-state index in [1.165, 1.54) is 12.4 Å². The second-order valence-corrected chi connectivity index (χ2v) is 5.26. The Morgan fingerprint density at radius 1 is 1.59 bits per heavy atom. The molecule has 6 nitrogen and oxygen atoms in total. The number of carbonyl (C=O) groups is 1. The third-order valence-corrected chi connectivity index (χ3v) is 2.90. The Labute approximate surface area is 102 Å². The van der Waals surface area contributed by atoms with Crippen LogP contribution in [0.2, 0.25) is 0 Å². The fraction of sp³-hybridized carbons (Fsp3) is 0.500. The van der Waals surface area contributed by atoms with E-state index in [-0.39, 0.29) is 11.7 Å². The van der Waals surface area contributed by atoms with E-state index < -0.39 is 16.8 Å². The number of hydrogen-bond donors (Lipinski definition) is 2. The molecule has 1 heterocycles. The summed E-state index contributed by atoms with van der Waals surface area (Å²) in [5, 5.41) is 11.8. The average Bonchev–Trinajstić information content (AvgIpc) is 2.26. The minimum Gasteiger partial charge on any atom is -0.476 e. The topological polar surface area (TPSA) is 92.2 Å². The van der Waals surface area contributed by atoms with E-state index in [9.17, 15) is 9.00 Å². The van der Waals surface area contributed by atoms with Crippen molar-refractivity contribution in [3.8, 4) is 0 Å². The molecule has 2 atom stereocenters. The van der Waals surface area contributed by atoms with Crippen LogP contribution in [0.1, 0.15) is 23.8 Å². The van der Waals surface area contributed by atoms with Gasteiger partial charge in [-0.25, -0.2) is 9.78 Å². The number of aromatic carboxylic acids is 1. The maximum atomic E-state index is 10.9. The average molecular weight is 257 g/mol.